The second-order valence-corrected chi connectivity index (χ2v) is 5.41. The first-order chi connectivity index (χ1) is 12.1. The highest BCUT2D eigenvalue weighted by Crippen LogP contribution is 2.23. The maximum Gasteiger partial charge on any atom is 0.307 e. The van der Waals surface area contributed by atoms with Crippen molar-refractivity contribution in [2.75, 3.05) is 19.7 Å². The Morgan fingerprint density at radius 3 is 2.15 bits per heavy atom. The van der Waals surface area contributed by atoms with Crippen LogP contribution in [0.5, 0.6) is 0 Å². The molecule has 11 nitrogen and oxygen atoms in total. The number of nitrogens with zero attached hydrogens (tertiary/aromatic N) is 3. The Morgan fingerprint density at radius 1 is 1.19 bits per heavy atom. The number of hydrogen-bond donors (Lipinski definition) is 1. The van der Waals surface area contributed by atoms with E-state index in [9.17, 15) is 34.9 Å². The molecule has 1 atom stereocenters. The number of carbonyl (C=O) groups excluding carboxylic acids is 2. The van der Waals surface area contributed by atoms with Crippen LogP contribution in [0, 0.1) is 20.2 Å². The van der Waals surface area contributed by atoms with E-state index in [4.69, 9.17) is 4.74 Å². The molecule has 0 heterocycles. The lowest BCUT2D eigenvalue weighted by Gasteiger charge is -2.23. The molecule has 1 N–H and O–H groups in total. The average molecular weight is 369 g/mol. The zero-order valence-electron chi connectivity index (χ0n) is 14.3. The molecule has 26 heavy (non-hydrogen) atoms. The normalized spacial score (nSPS) is 11.5. The number of aliphatic hydroxyl groups excluding tert-OH is 1. The molecular weight excluding hydrogens is 350 g/mol. The first kappa shape index (κ1) is 21.0. The largest absolute Gasteiger partial charge is 0.466 e. The Morgan fingerprint density at radius 2 is 1.73 bits per heavy atom. The maximum absolute atomic E-state index is 12.6. The number of amides is 1. The molecule has 1 rings (SSSR count). The lowest BCUT2D eigenvalue weighted by Crippen LogP contribution is -2.38. The number of rotatable bonds is 9. The van der Waals surface area contributed by atoms with Gasteiger partial charge in [0.1, 0.15) is 0 Å². The van der Waals surface area contributed by atoms with E-state index >= 15 is 0 Å². The fraction of sp³-hybridized carbons (Fsp3) is 0.467. The number of benzene rings is 1. The zero-order valence-corrected chi connectivity index (χ0v) is 14.3. The van der Waals surface area contributed by atoms with Crippen LogP contribution in [0.4, 0.5) is 11.4 Å². The summed E-state index contributed by atoms with van der Waals surface area (Å²) in [6.07, 6.45) is -1.08. The minimum absolute atomic E-state index is 0.112. The SMILES string of the molecule is CCOC(=O)CCN(CC(C)O)C(=O)c1cc([N+](=O)[O-])cc([N+](=O)[O-])c1. The Balaban J connectivity index is 3.14. The molecule has 0 radical (unpaired) electrons. The van der Waals surface area contributed by atoms with Crippen LogP contribution in [0.1, 0.15) is 30.6 Å². The molecule has 0 spiro atoms. The third-order valence-electron chi connectivity index (χ3n) is 3.23. The summed E-state index contributed by atoms with van der Waals surface area (Å²) in [5, 5.41) is 31.4. The molecule has 0 fully saturated rings. The molecule has 1 unspecified atom stereocenters. The molecule has 0 aliphatic carbocycles. The number of ether oxygens (including phenoxy) is 1. The topological polar surface area (TPSA) is 153 Å². The highest BCUT2D eigenvalue weighted by atomic mass is 16.6. The molecule has 0 saturated heterocycles. The van der Waals surface area contributed by atoms with Gasteiger partial charge in [0.2, 0.25) is 0 Å². The summed E-state index contributed by atoms with van der Waals surface area (Å²) in [7, 11) is 0. The predicted molar refractivity (Wildman–Crippen MR) is 88.6 cm³/mol. The van der Waals surface area contributed by atoms with Crippen molar-refractivity contribution in [1.29, 1.82) is 0 Å². The Labute approximate surface area is 148 Å². The minimum Gasteiger partial charge on any atom is -0.466 e. The standard InChI is InChI=1S/C15H19N3O8/c1-3-26-14(20)4-5-16(9-10(2)19)15(21)11-6-12(17(22)23)8-13(7-11)18(24)25/h6-8,10,19H,3-5,9H2,1-2H3. The van der Waals surface area contributed by atoms with E-state index in [2.05, 4.69) is 0 Å². The van der Waals surface area contributed by atoms with E-state index < -0.39 is 39.2 Å². The van der Waals surface area contributed by atoms with E-state index in [1.165, 1.54) is 6.92 Å². The zero-order chi connectivity index (χ0) is 19.9. The van der Waals surface area contributed by atoms with Gasteiger partial charge in [0, 0.05) is 25.2 Å². The van der Waals surface area contributed by atoms with Crippen LogP contribution in [-0.4, -0.2) is 57.5 Å². The Hall–Kier alpha value is -3.08. The third kappa shape index (κ3) is 6.09. The van der Waals surface area contributed by atoms with E-state index in [1.807, 2.05) is 0 Å². The number of non-ortho nitro benzene ring substituents is 2. The molecule has 1 aromatic carbocycles. The van der Waals surface area contributed by atoms with Crippen molar-refractivity contribution in [3.8, 4) is 0 Å². The van der Waals surface area contributed by atoms with E-state index in [-0.39, 0.29) is 31.7 Å². The number of hydrogen-bond acceptors (Lipinski definition) is 8. The van der Waals surface area contributed by atoms with Crippen molar-refractivity contribution >= 4 is 23.3 Å². The first-order valence-corrected chi connectivity index (χ1v) is 7.72. The van der Waals surface area contributed by atoms with Crippen molar-refractivity contribution in [2.45, 2.75) is 26.4 Å². The summed E-state index contributed by atoms with van der Waals surface area (Å²) in [4.78, 5) is 45.4. The second kappa shape index (κ2) is 9.42. The Bertz CT molecular complexity index is 672. The van der Waals surface area contributed by atoms with Crippen molar-refractivity contribution in [1.82, 2.24) is 4.90 Å². The summed E-state index contributed by atoms with van der Waals surface area (Å²) in [6.45, 7) is 2.94. The van der Waals surface area contributed by atoms with Gasteiger partial charge in [-0.15, -0.1) is 0 Å². The second-order valence-electron chi connectivity index (χ2n) is 5.41. The van der Waals surface area contributed by atoms with Gasteiger partial charge in [-0.2, -0.15) is 0 Å². The van der Waals surface area contributed by atoms with Crippen molar-refractivity contribution in [2.24, 2.45) is 0 Å². The average Bonchev–Trinajstić information content (AvgIpc) is 2.57. The molecule has 0 bridgehead atoms. The summed E-state index contributed by atoms with van der Waals surface area (Å²) < 4.78 is 4.77. The maximum atomic E-state index is 12.6. The van der Waals surface area contributed by atoms with Crippen molar-refractivity contribution in [3.63, 3.8) is 0 Å². The predicted octanol–water partition coefficient (Wildman–Crippen LogP) is 1.28. The lowest BCUT2D eigenvalue weighted by atomic mass is 10.1. The molecular formula is C15H19N3O8. The number of aliphatic hydroxyl groups is 1. The van der Waals surface area contributed by atoms with Crippen LogP contribution in [0.25, 0.3) is 0 Å². The van der Waals surface area contributed by atoms with Gasteiger partial charge in [-0.3, -0.25) is 29.8 Å². The van der Waals surface area contributed by atoms with Gasteiger partial charge in [0.05, 0.1) is 40.6 Å². The summed E-state index contributed by atoms with van der Waals surface area (Å²) in [6, 6.07) is 2.57. The van der Waals surface area contributed by atoms with E-state index in [1.54, 1.807) is 6.92 Å². The summed E-state index contributed by atoms with van der Waals surface area (Å²) in [5.74, 6) is -1.33. The summed E-state index contributed by atoms with van der Waals surface area (Å²) in [5.41, 5.74) is -1.50. The number of nitro groups is 2. The minimum atomic E-state index is -0.935. The fourth-order valence-electron chi connectivity index (χ4n) is 2.17. The quantitative estimate of drug-likeness (QED) is 0.388. The van der Waals surface area contributed by atoms with Gasteiger partial charge in [-0.1, -0.05) is 0 Å². The van der Waals surface area contributed by atoms with Crippen LogP contribution in [0.3, 0.4) is 0 Å². The highest BCUT2D eigenvalue weighted by molar-refractivity contribution is 5.95. The monoisotopic (exact) mass is 369 g/mol. The molecule has 0 saturated carbocycles. The Kier molecular flexibility index (Phi) is 7.59. The van der Waals surface area contributed by atoms with Gasteiger partial charge < -0.3 is 14.7 Å². The van der Waals surface area contributed by atoms with E-state index in [0.29, 0.717) is 0 Å². The van der Waals surface area contributed by atoms with Gasteiger partial charge in [0.25, 0.3) is 17.3 Å². The van der Waals surface area contributed by atoms with E-state index in [0.717, 1.165) is 23.1 Å². The van der Waals surface area contributed by atoms with Crippen LogP contribution < -0.4 is 0 Å². The van der Waals surface area contributed by atoms with Gasteiger partial charge in [-0.05, 0) is 13.8 Å². The molecule has 1 aromatic rings. The van der Waals surface area contributed by atoms with Crippen LogP contribution in [-0.2, 0) is 9.53 Å². The molecule has 0 aromatic heterocycles. The molecule has 0 aliphatic heterocycles. The van der Waals surface area contributed by atoms with Gasteiger partial charge in [-0.25, -0.2) is 0 Å². The third-order valence-corrected chi connectivity index (χ3v) is 3.23. The van der Waals surface area contributed by atoms with Gasteiger partial charge in [0.15, 0.2) is 0 Å². The van der Waals surface area contributed by atoms with Gasteiger partial charge >= 0.3 is 5.97 Å². The number of esters is 1. The smallest absolute Gasteiger partial charge is 0.307 e. The first-order valence-electron chi connectivity index (χ1n) is 7.72. The van der Waals surface area contributed by atoms with Crippen LogP contribution >= 0.6 is 0 Å². The van der Waals surface area contributed by atoms with Crippen LogP contribution in [0.15, 0.2) is 18.2 Å². The number of carbonyl (C=O) groups is 2. The summed E-state index contributed by atoms with van der Waals surface area (Å²) >= 11 is 0. The molecule has 11 heteroatoms. The number of nitro benzene ring substituents is 2. The van der Waals surface area contributed by atoms with Crippen molar-refractivity contribution < 1.29 is 29.3 Å². The molecule has 0 aliphatic rings. The molecule has 142 valence electrons. The lowest BCUT2D eigenvalue weighted by molar-refractivity contribution is -0.394. The fourth-order valence-corrected chi connectivity index (χ4v) is 2.17. The van der Waals surface area contributed by atoms with Crippen molar-refractivity contribution in [3.05, 3.63) is 44.0 Å². The highest BCUT2D eigenvalue weighted by Gasteiger charge is 2.24. The van der Waals surface area contributed by atoms with Crippen LogP contribution in [0.2, 0.25) is 0 Å². The molecule has 1 amide bonds.